The largest absolute Gasteiger partial charge is 0.312 e. The summed E-state index contributed by atoms with van der Waals surface area (Å²) in [7, 11) is -3.72. The van der Waals surface area contributed by atoms with Crippen LogP contribution in [0.25, 0.3) is 0 Å². The molecule has 2 aromatic rings. The van der Waals surface area contributed by atoms with Gasteiger partial charge in [0.2, 0.25) is 0 Å². The van der Waals surface area contributed by atoms with E-state index in [0.29, 0.717) is 5.02 Å². The fourth-order valence-corrected chi connectivity index (χ4v) is 5.25. The number of hydrogen-bond donors (Lipinski definition) is 1. The normalized spacial score (nSPS) is 26.5. The highest BCUT2D eigenvalue weighted by molar-refractivity contribution is 7.92. The Labute approximate surface area is 140 Å². The zero-order valence-electron chi connectivity index (χ0n) is 12.4. The van der Waals surface area contributed by atoms with E-state index in [4.69, 9.17) is 17.3 Å². The third kappa shape index (κ3) is 2.53. The Morgan fingerprint density at radius 1 is 1.13 bits per heavy atom. The van der Waals surface area contributed by atoms with E-state index in [1.54, 1.807) is 0 Å². The Bertz CT molecular complexity index is 886. The molecule has 0 saturated heterocycles. The smallest absolute Gasteiger partial charge is 0.184 e. The summed E-state index contributed by atoms with van der Waals surface area (Å²) in [5, 5.41) is 8.91. The number of halogens is 1. The maximum Gasteiger partial charge on any atom is 0.184 e. The number of nitriles is 1. The molecule has 0 unspecified atom stereocenters. The highest BCUT2D eigenvalue weighted by atomic mass is 35.5. The summed E-state index contributed by atoms with van der Waals surface area (Å²) in [5.41, 5.74) is 6.51. The van der Waals surface area contributed by atoms with Gasteiger partial charge < -0.3 is 5.73 Å². The molecule has 3 atom stereocenters. The van der Waals surface area contributed by atoms with Gasteiger partial charge in [-0.2, -0.15) is 5.26 Å². The van der Waals surface area contributed by atoms with Gasteiger partial charge in [0.25, 0.3) is 0 Å². The molecule has 0 amide bonds. The average molecular weight is 347 g/mol. The second kappa shape index (κ2) is 5.34. The van der Waals surface area contributed by atoms with Gasteiger partial charge in [0.05, 0.1) is 11.0 Å². The first-order chi connectivity index (χ1) is 10.8. The Hall–Kier alpha value is -1.87. The molecule has 0 radical (unpaired) electrons. The van der Waals surface area contributed by atoms with Gasteiger partial charge in [0, 0.05) is 10.9 Å². The van der Waals surface area contributed by atoms with Crippen molar-refractivity contribution in [3.8, 4) is 6.07 Å². The lowest BCUT2D eigenvalue weighted by molar-refractivity contribution is 0.592. The van der Waals surface area contributed by atoms with Gasteiger partial charge in [-0.1, -0.05) is 41.4 Å². The van der Waals surface area contributed by atoms with Crippen LogP contribution in [-0.4, -0.2) is 19.2 Å². The lowest BCUT2D eigenvalue weighted by Crippen LogP contribution is -2.29. The van der Waals surface area contributed by atoms with Crippen molar-refractivity contribution in [2.45, 2.75) is 28.5 Å². The zero-order chi connectivity index (χ0) is 16.8. The maximum atomic E-state index is 12.9. The van der Waals surface area contributed by atoms with Crippen LogP contribution in [0.15, 0.2) is 53.4 Å². The molecule has 6 heteroatoms. The van der Waals surface area contributed by atoms with Gasteiger partial charge in [-0.15, -0.1) is 0 Å². The van der Waals surface area contributed by atoms with Crippen LogP contribution in [0.4, 0.5) is 0 Å². The molecule has 3 rings (SSSR count). The van der Waals surface area contributed by atoms with Crippen LogP contribution in [0.3, 0.4) is 0 Å². The number of nitrogens with two attached hydrogens (primary N) is 1. The average Bonchev–Trinajstić information content (AvgIpc) is 3.16. The predicted octanol–water partition coefficient (Wildman–Crippen LogP) is 2.81. The molecule has 2 N–H and O–H groups in total. The molecular formula is C17H15ClN2O2S. The van der Waals surface area contributed by atoms with Crippen LogP contribution in [0.1, 0.15) is 17.0 Å². The molecule has 1 aliphatic carbocycles. The highest BCUT2D eigenvalue weighted by Crippen LogP contribution is 2.55. The van der Waals surface area contributed by atoms with Crippen LogP contribution < -0.4 is 5.73 Å². The first kappa shape index (κ1) is 16.0. The number of sulfone groups is 1. The second-order valence-electron chi connectivity index (χ2n) is 5.85. The number of rotatable bonds is 3. The van der Waals surface area contributed by atoms with Crippen LogP contribution in [0.5, 0.6) is 0 Å². The Kier molecular flexibility index (Phi) is 3.72. The summed E-state index contributed by atoms with van der Waals surface area (Å²) < 4.78 is 25.7. The second-order valence-corrected chi connectivity index (χ2v) is 8.36. The van der Waals surface area contributed by atoms with E-state index in [0.717, 1.165) is 11.1 Å². The van der Waals surface area contributed by atoms with Crippen molar-refractivity contribution in [3.63, 3.8) is 0 Å². The zero-order valence-corrected chi connectivity index (χ0v) is 14.0. The van der Waals surface area contributed by atoms with Crippen LogP contribution in [0, 0.1) is 18.3 Å². The summed E-state index contributed by atoms with van der Waals surface area (Å²) in [6.07, 6.45) is 0. The highest BCUT2D eigenvalue weighted by Gasteiger charge is 2.70. The van der Waals surface area contributed by atoms with Gasteiger partial charge in [-0.25, -0.2) is 8.42 Å². The molecule has 2 aromatic carbocycles. The number of nitrogens with zero attached hydrogens (tertiary/aromatic N) is 1. The van der Waals surface area contributed by atoms with Crippen LogP contribution in [0.2, 0.25) is 5.02 Å². The van der Waals surface area contributed by atoms with E-state index in [2.05, 4.69) is 0 Å². The molecular weight excluding hydrogens is 332 g/mol. The lowest BCUT2D eigenvalue weighted by atomic mass is 10.1. The van der Waals surface area contributed by atoms with Gasteiger partial charge in [0.1, 0.15) is 10.8 Å². The summed E-state index contributed by atoms with van der Waals surface area (Å²) in [6, 6.07) is 15.3. The van der Waals surface area contributed by atoms with Crippen molar-refractivity contribution in [2.24, 2.45) is 5.73 Å². The van der Waals surface area contributed by atoms with Crippen molar-refractivity contribution < 1.29 is 8.42 Å². The fraction of sp³-hybridized carbons (Fsp3) is 0.235. The molecule has 0 spiro atoms. The molecule has 4 nitrogen and oxygen atoms in total. The van der Waals surface area contributed by atoms with Gasteiger partial charge >= 0.3 is 0 Å². The van der Waals surface area contributed by atoms with E-state index in [-0.39, 0.29) is 4.90 Å². The van der Waals surface area contributed by atoms with Crippen LogP contribution >= 0.6 is 11.6 Å². The van der Waals surface area contributed by atoms with Crippen LogP contribution in [-0.2, 0) is 9.84 Å². The van der Waals surface area contributed by atoms with Crippen molar-refractivity contribution >= 4 is 21.4 Å². The first-order valence-electron chi connectivity index (χ1n) is 7.07. The number of aryl methyl sites for hydroxylation is 1. The summed E-state index contributed by atoms with van der Waals surface area (Å²) in [5.74, 6) is -0.534. The summed E-state index contributed by atoms with van der Waals surface area (Å²) >= 11 is 5.81. The Morgan fingerprint density at radius 3 is 2.22 bits per heavy atom. The summed E-state index contributed by atoms with van der Waals surface area (Å²) in [6.45, 7) is 1.94. The molecule has 1 fully saturated rings. The minimum absolute atomic E-state index is 0.131. The monoisotopic (exact) mass is 346 g/mol. The number of hydrogen-bond acceptors (Lipinski definition) is 4. The molecule has 1 saturated carbocycles. The predicted molar refractivity (Wildman–Crippen MR) is 88.9 cm³/mol. The van der Waals surface area contributed by atoms with E-state index < -0.39 is 26.5 Å². The summed E-state index contributed by atoms with van der Waals surface area (Å²) in [4.78, 5) is 0.131. The van der Waals surface area contributed by atoms with E-state index in [1.165, 1.54) is 24.3 Å². The minimum Gasteiger partial charge on any atom is -0.312 e. The third-order valence-corrected chi connectivity index (χ3v) is 6.80. The molecule has 0 heterocycles. The van der Waals surface area contributed by atoms with Gasteiger partial charge in [0.15, 0.2) is 9.84 Å². The van der Waals surface area contributed by atoms with Crippen molar-refractivity contribution in [1.82, 2.24) is 0 Å². The molecule has 1 aliphatic rings. The molecule has 118 valence electrons. The van der Waals surface area contributed by atoms with Gasteiger partial charge in [-0.05, 0) is 36.8 Å². The minimum atomic E-state index is -3.72. The maximum absolute atomic E-state index is 12.9. The SMILES string of the molecule is Cc1ccc([C@H]2[C@H](S(=O)(=O)c3ccc(Cl)cc3)[C@@]2(N)C#N)cc1. The Balaban J connectivity index is 2.03. The fourth-order valence-electron chi connectivity index (χ4n) is 2.94. The van der Waals surface area contributed by atoms with E-state index in [9.17, 15) is 13.7 Å². The molecule has 0 aromatic heterocycles. The van der Waals surface area contributed by atoms with Crippen molar-refractivity contribution in [1.29, 1.82) is 5.26 Å². The molecule has 0 aliphatic heterocycles. The Morgan fingerprint density at radius 2 is 1.70 bits per heavy atom. The molecule has 0 bridgehead atoms. The quantitative estimate of drug-likeness (QED) is 0.926. The van der Waals surface area contributed by atoms with E-state index in [1.807, 2.05) is 37.3 Å². The van der Waals surface area contributed by atoms with Crippen molar-refractivity contribution in [3.05, 3.63) is 64.7 Å². The van der Waals surface area contributed by atoms with Gasteiger partial charge in [-0.3, -0.25) is 0 Å². The third-order valence-electron chi connectivity index (χ3n) is 4.29. The number of benzene rings is 2. The molecule has 23 heavy (non-hydrogen) atoms. The lowest BCUT2D eigenvalue weighted by Gasteiger charge is -2.04. The topological polar surface area (TPSA) is 83.9 Å². The van der Waals surface area contributed by atoms with Crippen molar-refractivity contribution in [2.75, 3.05) is 0 Å². The standard InChI is InChI=1S/C17H15ClN2O2S/c1-11-2-4-12(5-3-11)15-16(17(15,20)10-19)23(21,22)14-8-6-13(18)7-9-14/h2-9,15-16H,20H2,1H3/t15-,16-,17+/m0/s1. The first-order valence-corrected chi connectivity index (χ1v) is 8.99. The van der Waals surface area contributed by atoms with E-state index >= 15 is 0 Å².